The number of carbonyl (C=O) groups is 2. The molecule has 0 aromatic heterocycles. The summed E-state index contributed by atoms with van der Waals surface area (Å²) in [7, 11) is -3.73. The molecule has 0 saturated carbocycles. The number of anilines is 2. The van der Waals surface area contributed by atoms with Crippen LogP contribution in [0.15, 0.2) is 36.4 Å². The Morgan fingerprint density at radius 2 is 1.71 bits per heavy atom. The van der Waals surface area contributed by atoms with Crippen LogP contribution in [0, 0.1) is 20.8 Å². The van der Waals surface area contributed by atoms with Crippen LogP contribution in [0.25, 0.3) is 0 Å². The van der Waals surface area contributed by atoms with E-state index in [4.69, 9.17) is 4.74 Å². The summed E-state index contributed by atoms with van der Waals surface area (Å²) in [4.78, 5) is 25.1. The average molecular weight is 447 g/mol. The van der Waals surface area contributed by atoms with Gasteiger partial charge in [0.25, 0.3) is 0 Å². The summed E-state index contributed by atoms with van der Waals surface area (Å²) in [5, 5.41) is 2.82. The average Bonchev–Trinajstić information content (AvgIpc) is 2.68. The van der Waals surface area contributed by atoms with Crippen LogP contribution >= 0.6 is 0 Å². The van der Waals surface area contributed by atoms with Gasteiger partial charge in [-0.3, -0.25) is 9.10 Å². The number of hydrogen-bond acceptors (Lipinski definition) is 5. The Morgan fingerprint density at radius 1 is 1.03 bits per heavy atom. The molecular formula is C23H30N2O5S. The Labute approximate surface area is 184 Å². The molecule has 2 aromatic rings. The summed E-state index contributed by atoms with van der Waals surface area (Å²) in [6.45, 7) is 9.22. The molecule has 0 spiro atoms. The minimum Gasteiger partial charge on any atom is -0.462 e. The Morgan fingerprint density at radius 3 is 2.26 bits per heavy atom. The van der Waals surface area contributed by atoms with E-state index in [1.165, 1.54) is 4.31 Å². The van der Waals surface area contributed by atoms with Crippen molar-refractivity contribution in [2.75, 3.05) is 22.5 Å². The van der Waals surface area contributed by atoms with Crippen LogP contribution in [-0.4, -0.2) is 39.2 Å². The number of benzene rings is 2. The van der Waals surface area contributed by atoms with E-state index in [-0.39, 0.29) is 13.0 Å². The van der Waals surface area contributed by atoms with Crippen molar-refractivity contribution in [2.24, 2.45) is 0 Å². The normalized spacial score (nSPS) is 12.2. The van der Waals surface area contributed by atoms with Crippen molar-refractivity contribution in [1.29, 1.82) is 0 Å². The predicted molar refractivity (Wildman–Crippen MR) is 123 cm³/mol. The first-order valence-corrected chi connectivity index (χ1v) is 12.0. The van der Waals surface area contributed by atoms with Gasteiger partial charge in [0.2, 0.25) is 15.9 Å². The van der Waals surface area contributed by atoms with E-state index >= 15 is 0 Å². The first kappa shape index (κ1) is 24.4. The van der Waals surface area contributed by atoms with Gasteiger partial charge in [-0.05, 0) is 75.1 Å². The first-order chi connectivity index (χ1) is 14.5. The molecule has 0 saturated heterocycles. The van der Waals surface area contributed by atoms with E-state index in [9.17, 15) is 18.0 Å². The summed E-state index contributed by atoms with van der Waals surface area (Å²) in [5.74, 6) is -0.881. The lowest BCUT2D eigenvalue weighted by molar-refractivity contribution is -0.117. The molecule has 0 bridgehead atoms. The molecule has 0 fully saturated rings. The van der Waals surface area contributed by atoms with Gasteiger partial charge in [0.15, 0.2) is 0 Å². The zero-order chi connectivity index (χ0) is 23.3. The van der Waals surface area contributed by atoms with Crippen LogP contribution in [0.3, 0.4) is 0 Å². The minimum atomic E-state index is -3.73. The second-order valence-corrected chi connectivity index (χ2v) is 9.37. The van der Waals surface area contributed by atoms with Crippen molar-refractivity contribution < 1.29 is 22.7 Å². The van der Waals surface area contributed by atoms with Crippen LogP contribution in [0.4, 0.5) is 11.4 Å². The van der Waals surface area contributed by atoms with Crippen LogP contribution < -0.4 is 9.62 Å². The van der Waals surface area contributed by atoms with Gasteiger partial charge in [0, 0.05) is 5.69 Å². The van der Waals surface area contributed by atoms with Gasteiger partial charge in [-0.25, -0.2) is 13.2 Å². The monoisotopic (exact) mass is 446 g/mol. The lowest BCUT2D eigenvalue weighted by Crippen LogP contribution is -2.47. The topological polar surface area (TPSA) is 92.8 Å². The highest BCUT2D eigenvalue weighted by Crippen LogP contribution is 2.28. The summed E-state index contributed by atoms with van der Waals surface area (Å²) in [6.07, 6.45) is 1.39. The third-order valence-electron chi connectivity index (χ3n) is 4.93. The molecule has 1 N–H and O–H groups in total. The fourth-order valence-corrected chi connectivity index (χ4v) is 4.61. The van der Waals surface area contributed by atoms with E-state index in [2.05, 4.69) is 5.32 Å². The van der Waals surface area contributed by atoms with Gasteiger partial charge < -0.3 is 10.1 Å². The third-order valence-corrected chi connectivity index (χ3v) is 6.09. The van der Waals surface area contributed by atoms with Gasteiger partial charge in [-0.2, -0.15) is 0 Å². The molecule has 168 valence electrons. The van der Waals surface area contributed by atoms with Crippen molar-refractivity contribution in [2.45, 2.75) is 47.1 Å². The zero-order valence-electron chi connectivity index (χ0n) is 18.9. The maximum atomic E-state index is 13.2. The number of ether oxygens (including phenoxy) is 1. The third kappa shape index (κ3) is 5.85. The van der Waals surface area contributed by atoms with Gasteiger partial charge in [-0.1, -0.05) is 19.1 Å². The number of hydrogen-bond donors (Lipinski definition) is 1. The fourth-order valence-electron chi connectivity index (χ4n) is 3.35. The molecule has 7 nitrogen and oxygen atoms in total. The molecule has 0 heterocycles. The quantitative estimate of drug-likeness (QED) is 0.620. The van der Waals surface area contributed by atoms with Crippen LogP contribution in [-0.2, 0) is 19.6 Å². The van der Waals surface area contributed by atoms with E-state index < -0.39 is 27.9 Å². The Bertz CT molecular complexity index is 1080. The summed E-state index contributed by atoms with van der Waals surface area (Å²) < 4.78 is 31.6. The highest BCUT2D eigenvalue weighted by molar-refractivity contribution is 7.92. The molecule has 0 aliphatic carbocycles. The molecule has 0 radical (unpaired) electrons. The predicted octanol–water partition coefficient (Wildman–Crippen LogP) is 3.97. The summed E-state index contributed by atoms with van der Waals surface area (Å²) in [6, 6.07) is 9.40. The summed E-state index contributed by atoms with van der Waals surface area (Å²) >= 11 is 0. The molecule has 2 rings (SSSR count). The lowest BCUT2D eigenvalue weighted by atomic mass is 10.1. The maximum absolute atomic E-state index is 13.2. The van der Waals surface area contributed by atoms with E-state index in [0.717, 1.165) is 17.4 Å². The number of carbonyl (C=O) groups excluding carboxylic acids is 2. The maximum Gasteiger partial charge on any atom is 0.338 e. The SMILES string of the molecule is CCOC(=O)c1ccc(NC(=O)[C@@H](CC)N(c2cc(C)ccc2C)S(C)(=O)=O)c(C)c1. The second-order valence-electron chi connectivity index (χ2n) is 7.51. The number of nitrogens with zero attached hydrogens (tertiary/aromatic N) is 1. The minimum absolute atomic E-state index is 0.272. The molecule has 0 aliphatic heterocycles. The van der Waals surface area contributed by atoms with Crippen LogP contribution in [0.5, 0.6) is 0 Å². The molecule has 0 aliphatic rings. The molecule has 1 atom stereocenters. The van der Waals surface area contributed by atoms with Crippen molar-refractivity contribution in [3.8, 4) is 0 Å². The van der Waals surface area contributed by atoms with E-state index in [0.29, 0.717) is 22.5 Å². The molecule has 0 unspecified atom stereocenters. The van der Waals surface area contributed by atoms with E-state index in [1.54, 1.807) is 45.0 Å². The second kappa shape index (κ2) is 9.96. The smallest absolute Gasteiger partial charge is 0.338 e. The standard InChI is InChI=1S/C23H30N2O5S/c1-7-20(25(31(6,28)29)21-13-15(3)9-10-16(21)4)22(26)24-19-12-11-18(14-17(19)5)23(27)30-8-2/h9-14,20H,7-8H2,1-6H3,(H,24,26)/t20-/m1/s1. The number of sulfonamides is 1. The molecular weight excluding hydrogens is 416 g/mol. The molecule has 31 heavy (non-hydrogen) atoms. The number of amides is 1. The van der Waals surface area contributed by atoms with Crippen molar-refractivity contribution in [3.63, 3.8) is 0 Å². The number of esters is 1. The zero-order valence-corrected chi connectivity index (χ0v) is 19.7. The number of aryl methyl sites for hydroxylation is 3. The Balaban J connectivity index is 2.39. The molecule has 2 aromatic carbocycles. The van der Waals surface area contributed by atoms with Crippen LogP contribution in [0.2, 0.25) is 0 Å². The van der Waals surface area contributed by atoms with Gasteiger partial charge >= 0.3 is 5.97 Å². The van der Waals surface area contributed by atoms with Crippen molar-refractivity contribution in [1.82, 2.24) is 0 Å². The summed E-state index contributed by atoms with van der Waals surface area (Å²) in [5.41, 5.74) is 3.71. The largest absolute Gasteiger partial charge is 0.462 e. The van der Waals surface area contributed by atoms with Crippen LogP contribution in [0.1, 0.15) is 47.3 Å². The first-order valence-electron chi connectivity index (χ1n) is 10.1. The van der Waals surface area contributed by atoms with Crippen molar-refractivity contribution in [3.05, 3.63) is 58.7 Å². The highest BCUT2D eigenvalue weighted by atomic mass is 32.2. The Kier molecular flexibility index (Phi) is 7.84. The fraction of sp³-hybridized carbons (Fsp3) is 0.391. The van der Waals surface area contributed by atoms with Crippen molar-refractivity contribution >= 4 is 33.3 Å². The Hall–Kier alpha value is -2.87. The number of rotatable bonds is 8. The number of nitrogens with one attached hydrogen (secondary N) is 1. The van der Waals surface area contributed by atoms with Gasteiger partial charge in [-0.15, -0.1) is 0 Å². The van der Waals surface area contributed by atoms with E-state index in [1.807, 2.05) is 26.0 Å². The van der Waals surface area contributed by atoms with Gasteiger partial charge in [0.1, 0.15) is 6.04 Å². The van der Waals surface area contributed by atoms with Gasteiger partial charge in [0.05, 0.1) is 24.1 Å². The molecule has 1 amide bonds. The highest BCUT2D eigenvalue weighted by Gasteiger charge is 2.32. The lowest BCUT2D eigenvalue weighted by Gasteiger charge is -2.31. The molecule has 8 heteroatoms.